The van der Waals surface area contributed by atoms with Crippen molar-refractivity contribution in [3.8, 4) is 0 Å². The predicted molar refractivity (Wildman–Crippen MR) is 194 cm³/mol. The Morgan fingerprint density at radius 1 is 1.02 bits per heavy atom. The molecule has 3 aliphatic rings. The van der Waals surface area contributed by atoms with Crippen LogP contribution >= 0.6 is 11.8 Å². The van der Waals surface area contributed by atoms with E-state index >= 15 is 0 Å². The Balaban J connectivity index is 1.36. The first-order valence-electron chi connectivity index (χ1n) is 18.0. The molecule has 49 heavy (non-hydrogen) atoms. The fraction of sp³-hybridized carbons (Fsp3) is 0.615. The highest BCUT2D eigenvalue weighted by Crippen LogP contribution is 2.67. The van der Waals surface area contributed by atoms with E-state index in [1.54, 1.807) is 0 Å². The molecule has 0 saturated heterocycles. The molecular formula is C39H56N4O5S. The van der Waals surface area contributed by atoms with Gasteiger partial charge in [-0.05, 0) is 91.3 Å². The summed E-state index contributed by atoms with van der Waals surface area (Å²) < 4.78 is 6.50. The predicted octanol–water partition coefficient (Wildman–Crippen LogP) is 4.83. The van der Waals surface area contributed by atoms with Crippen molar-refractivity contribution in [2.75, 3.05) is 25.4 Å². The van der Waals surface area contributed by atoms with E-state index in [1.165, 1.54) is 11.8 Å². The molecule has 10 heteroatoms. The zero-order valence-electron chi connectivity index (χ0n) is 29.6. The van der Waals surface area contributed by atoms with Crippen LogP contribution in [0.15, 0.2) is 53.4 Å². The number of hydrogen-bond acceptors (Lipinski definition) is 9. The van der Waals surface area contributed by atoms with Crippen molar-refractivity contribution in [2.24, 2.45) is 45.5 Å². The molecule has 8 atom stereocenters. The van der Waals surface area contributed by atoms with Crippen molar-refractivity contribution in [3.05, 3.63) is 65.2 Å². The number of rotatable bonds is 13. The van der Waals surface area contributed by atoms with Gasteiger partial charge in [0.25, 0.3) is 5.91 Å². The minimum Gasteiger partial charge on any atom is -0.461 e. The van der Waals surface area contributed by atoms with Gasteiger partial charge in [-0.3, -0.25) is 14.4 Å². The van der Waals surface area contributed by atoms with Gasteiger partial charge in [-0.25, -0.2) is 0 Å². The molecular weight excluding hydrogens is 637 g/mol. The molecule has 3 fully saturated rings. The van der Waals surface area contributed by atoms with Gasteiger partial charge in [0.05, 0.1) is 11.9 Å². The van der Waals surface area contributed by atoms with Crippen molar-refractivity contribution in [1.29, 1.82) is 0 Å². The first-order chi connectivity index (χ1) is 23.4. The SMILES string of the molecule is C[C@@H]1CC[C@@]23CCC(=O)[C@H]2[C@]1(C)[C@H](OC(=O)CSc1ccc(CN)cc1)C[C@](C)(CNCc1ccc(C(=O)NCCCN)cc1)C(O)[C@@H]3C. The number of nitrogens with one attached hydrogen (secondary N) is 2. The van der Waals surface area contributed by atoms with E-state index in [0.717, 1.165) is 41.7 Å². The van der Waals surface area contributed by atoms with Crippen LogP contribution in [-0.2, 0) is 27.4 Å². The number of nitrogens with two attached hydrogens (primary N) is 2. The van der Waals surface area contributed by atoms with Crippen LogP contribution in [-0.4, -0.2) is 60.4 Å². The number of ether oxygens (including phenoxy) is 1. The maximum atomic E-state index is 13.8. The van der Waals surface area contributed by atoms with Crippen LogP contribution in [0, 0.1) is 34.0 Å². The maximum absolute atomic E-state index is 13.8. The summed E-state index contributed by atoms with van der Waals surface area (Å²) >= 11 is 1.43. The zero-order valence-corrected chi connectivity index (χ0v) is 30.5. The number of hydrogen-bond donors (Lipinski definition) is 5. The molecule has 0 radical (unpaired) electrons. The second-order valence-electron chi connectivity index (χ2n) is 15.3. The highest BCUT2D eigenvalue weighted by molar-refractivity contribution is 8.00. The molecule has 1 amide bonds. The van der Waals surface area contributed by atoms with Crippen LogP contribution in [0.2, 0.25) is 0 Å². The summed E-state index contributed by atoms with van der Waals surface area (Å²) in [5.41, 5.74) is 12.4. The van der Waals surface area contributed by atoms with Gasteiger partial charge in [0.15, 0.2) is 0 Å². The summed E-state index contributed by atoms with van der Waals surface area (Å²) in [6, 6.07) is 15.4. The van der Waals surface area contributed by atoms with Crippen molar-refractivity contribution < 1.29 is 24.2 Å². The largest absolute Gasteiger partial charge is 0.461 e. The maximum Gasteiger partial charge on any atom is 0.316 e. The first kappa shape index (κ1) is 37.5. The van der Waals surface area contributed by atoms with E-state index in [-0.39, 0.29) is 46.6 Å². The molecule has 268 valence electrons. The van der Waals surface area contributed by atoms with Gasteiger partial charge in [0.1, 0.15) is 11.9 Å². The van der Waals surface area contributed by atoms with Gasteiger partial charge in [0, 0.05) is 59.8 Å². The summed E-state index contributed by atoms with van der Waals surface area (Å²) in [4.78, 5) is 40.9. The molecule has 7 N–H and O–H groups in total. The average Bonchev–Trinajstić information content (AvgIpc) is 3.46. The quantitative estimate of drug-likeness (QED) is 0.113. The van der Waals surface area contributed by atoms with E-state index in [1.807, 2.05) is 48.5 Å². The molecule has 2 aromatic carbocycles. The highest BCUT2D eigenvalue weighted by atomic mass is 32.2. The van der Waals surface area contributed by atoms with E-state index < -0.39 is 23.0 Å². The van der Waals surface area contributed by atoms with Gasteiger partial charge in [-0.1, -0.05) is 52.0 Å². The van der Waals surface area contributed by atoms with E-state index in [9.17, 15) is 19.5 Å². The molecule has 3 aliphatic carbocycles. The van der Waals surface area contributed by atoms with Gasteiger partial charge < -0.3 is 31.9 Å². The lowest BCUT2D eigenvalue weighted by molar-refractivity contribution is -0.210. The topological polar surface area (TPSA) is 157 Å². The number of aliphatic hydroxyl groups excluding tert-OH is 1. The van der Waals surface area contributed by atoms with Crippen LogP contribution in [0.4, 0.5) is 0 Å². The Hall–Kier alpha value is -2.76. The second kappa shape index (κ2) is 15.6. The number of aliphatic hydroxyl groups is 1. The molecule has 0 aliphatic heterocycles. The number of ketones is 1. The van der Waals surface area contributed by atoms with E-state index in [2.05, 4.69) is 38.3 Å². The second-order valence-corrected chi connectivity index (χ2v) is 16.4. The Bertz CT molecular complexity index is 1470. The summed E-state index contributed by atoms with van der Waals surface area (Å²) in [6.45, 7) is 11.2. The van der Waals surface area contributed by atoms with Crippen LogP contribution < -0.4 is 22.1 Å². The van der Waals surface area contributed by atoms with Crippen LogP contribution in [0.1, 0.15) is 87.7 Å². The van der Waals surface area contributed by atoms with Gasteiger partial charge >= 0.3 is 5.97 Å². The summed E-state index contributed by atoms with van der Waals surface area (Å²) in [7, 11) is 0. The number of esters is 1. The molecule has 0 spiro atoms. The third kappa shape index (κ3) is 7.64. The summed E-state index contributed by atoms with van der Waals surface area (Å²) in [5, 5.41) is 18.7. The first-order valence-corrected chi connectivity index (χ1v) is 19.0. The Kier molecular flexibility index (Phi) is 12.0. The normalized spacial score (nSPS) is 32.6. The lowest BCUT2D eigenvalue weighted by Crippen LogP contribution is -2.64. The van der Waals surface area contributed by atoms with E-state index in [4.69, 9.17) is 16.2 Å². The number of benzene rings is 2. The van der Waals surface area contributed by atoms with Gasteiger partial charge in [-0.2, -0.15) is 0 Å². The minimum atomic E-state index is -0.706. The van der Waals surface area contributed by atoms with Gasteiger partial charge in [-0.15, -0.1) is 11.8 Å². The summed E-state index contributed by atoms with van der Waals surface area (Å²) in [6.07, 6.45) is 3.03. The van der Waals surface area contributed by atoms with Crippen LogP contribution in [0.3, 0.4) is 0 Å². The molecule has 3 saturated carbocycles. The standard InChI is InChI=1S/C39H56N4O5S/c1-25-14-16-39-17-15-31(44)34(39)38(25,4)32(48-33(45)23-49-30-12-8-27(21-41)9-13-30)20-37(3,35(46)26(39)2)24-42-22-28-6-10-29(11-7-28)36(47)43-19-5-18-40/h6-13,25-26,32,34-35,42,46H,5,14-24,40-41H2,1-4H3,(H,43,47)/t25-,26+,32-,34+,35?,37-,38+,39+/m1/s1. The zero-order chi connectivity index (χ0) is 35.4. The smallest absolute Gasteiger partial charge is 0.316 e. The molecule has 9 nitrogen and oxygen atoms in total. The lowest BCUT2D eigenvalue weighted by atomic mass is 9.44. The van der Waals surface area contributed by atoms with Crippen molar-refractivity contribution in [1.82, 2.24) is 10.6 Å². The number of carbonyl (C=O) groups excluding carboxylic acids is 3. The minimum absolute atomic E-state index is 0.0941. The Morgan fingerprint density at radius 3 is 2.39 bits per heavy atom. The average molecular weight is 693 g/mol. The fourth-order valence-corrected chi connectivity index (χ4v) is 9.94. The molecule has 1 unspecified atom stereocenters. The Morgan fingerprint density at radius 2 is 1.71 bits per heavy atom. The molecule has 2 aromatic rings. The van der Waals surface area contributed by atoms with Crippen molar-refractivity contribution >= 4 is 29.4 Å². The summed E-state index contributed by atoms with van der Waals surface area (Å²) in [5.74, 6) is -0.198. The van der Waals surface area contributed by atoms with Crippen molar-refractivity contribution in [2.45, 2.75) is 96.4 Å². The van der Waals surface area contributed by atoms with Crippen LogP contribution in [0.25, 0.3) is 0 Å². The van der Waals surface area contributed by atoms with Crippen molar-refractivity contribution in [3.63, 3.8) is 0 Å². The van der Waals surface area contributed by atoms with E-state index in [0.29, 0.717) is 51.1 Å². The highest BCUT2D eigenvalue weighted by Gasteiger charge is 2.68. The lowest BCUT2D eigenvalue weighted by Gasteiger charge is -2.62. The molecule has 0 aromatic heterocycles. The van der Waals surface area contributed by atoms with Crippen LogP contribution in [0.5, 0.6) is 0 Å². The third-order valence-corrected chi connectivity index (χ3v) is 13.4. The monoisotopic (exact) mass is 692 g/mol. The molecule has 0 heterocycles. The third-order valence-electron chi connectivity index (χ3n) is 12.4. The molecule has 2 bridgehead atoms. The molecule has 5 rings (SSSR count). The Labute approximate surface area is 296 Å². The van der Waals surface area contributed by atoms with Gasteiger partial charge in [0.2, 0.25) is 0 Å². The number of thioether (sulfide) groups is 1. The number of carbonyl (C=O) groups is 3. The number of Topliss-reactive ketones (excluding diaryl/α,β-unsaturated/α-hetero) is 1. The fourth-order valence-electron chi connectivity index (χ4n) is 9.26. The number of amides is 1.